The smallest absolute Gasteiger partial charge is 0.262 e. The second-order valence-corrected chi connectivity index (χ2v) is 11.3. The zero-order chi connectivity index (χ0) is 25.9. The number of hydrogen-bond acceptors (Lipinski definition) is 6. The molecule has 1 fully saturated rings. The topological polar surface area (TPSA) is 79.7 Å². The van der Waals surface area contributed by atoms with Gasteiger partial charge >= 0.3 is 0 Å². The summed E-state index contributed by atoms with van der Waals surface area (Å²) in [7, 11) is 0.222. The molecule has 0 radical (unpaired) electrons. The van der Waals surface area contributed by atoms with Gasteiger partial charge in [-0.2, -0.15) is 5.10 Å². The van der Waals surface area contributed by atoms with E-state index >= 15 is 0 Å². The Morgan fingerprint density at radius 1 is 0.972 bits per heavy atom. The molecule has 1 saturated heterocycles. The highest BCUT2D eigenvalue weighted by Gasteiger charge is 2.20. The van der Waals surface area contributed by atoms with Crippen LogP contribution in [0.5, 0.6) is 5.75 Å². The number of nitrogens with zero attached hydrogens (tertiary/aromatic N) is 4. The number of hydrogen-bond donors (Lipinski definition) is 1. The van der Waals surface area contributed by atoms with E-state index in [1.54, 1.807) is 30.8 Å². The second-order valence-electron chi connectivity index (χ2n) is 9.59. The maximum atomic E-state index is 13.1. The zero-order valence-electron chi connectivity index (χ0n) is 21.9. The third kappa shape index (κ3) is 6.08. The summed E-state index contributed by atoms with van der Waals surface area (Å²) in [4.78, 5) is 5.03. The lowest BCUT2D eigenvalue weighted by Crippen LogP contribution is -2.43. The van der Waals surface area contributed by atoms with E-state index in [2.05, 4.69) is 45.7 Å². The number of anilines is 1. The van der Waals surface area contributed by atoms with Crippen molar-refractivity contribution >= 4 is 15.7 Å². The molecule has 0 atom stereocenters. The number of aryl methyl sites for hydroxylation is 2. The van der Waals surface area contributed by atoms with Gasteiger partial charge in [0.1, 0.15) is 5.75 Å². The van der Waals surface area contributed by atoms with Crippen molar-refractivity contribution in [3.8, 4) is 16.9 Å². The number of benzene rings is 2. The number of ether oxygens (including phenoxy) is 1. The largest absolute Gasteiger partial charge is 0.494 e. The minimum absolute atomic E-state index is 0.213. The quantitative estimate of drug-likeness (QED) is 0.467. The fourth-order valence-corrected chi connectivity index (χ4v) is 5.60. The molecule has 36 heavy (non-hydrogen) atoms. The van der Waals surface area contributed by atoms with Gasteiger partial charge < -0.3 is 9.64 Å². The van der Waals surface area contributed by atoms with Crippen LogP contribution in [0.1, 0.15) is 30.3 Å². The van der Waals surface area contributed by atoms with Crippen molar-refractivity contribution in [2.24, 2.45) is 7.05 Å². The molecule has 1 aliphatic rings. The fourth-order valence-electron chi connectivity index (χ4n) is 4.43. The van der Waals surface area contributed by atoms with Gasteiger partial charge in [-0.3, -0.25) is 14.3 Å². The maximum Gasteiger partial charge on any atom is 0.262 e. The van der Waals surface area contributed by atoms with Gasteiger partial charge in [-0.1, -0.05) is 19.1 Å². The van der Waals surface area contributed by atoms with Crippen molar-refractivity contribution in [1.29, 1.82) is 0 Å². The lowest BCUT2D eigenvalue weighted by atomic mass is 10.0. The Hall–Kier alpha value is -2.88. The average molecular weight is 512 g/mol. The van der Waals surface area contributed by atoms with Gasteiger partial charge in [-0.05, 0) is 74.3 Å². The van der Waals surface area contributed by atoms with Crippen LogP contribution in [0.2, 0.25) is 0 Å². The standard InChI is InChI=1S/C27H37N5O3S/c1-6-15-35-25-17-22(19-32-13-11-30(4)12-14-32)16-24(18-25)23-7-9-26(10-8-23)36(33,34)29-27-20(2)28-31(5)21(27)3/h7-10,16-18,29H,6,11-15,19H2,1-5H3. The Bertz CT molecular complexity index is 1290. The summed E-state index contributed by atoms with van der Waals surface area (Å²) in [6.45, 7) is 11.5. The Morgan fingerprint density at radius 3 is 2.28 bits per heavy atom. The monoisotopic (exact) mass is 511 g/mol. The summed E-state index contributed by atoms with van der Waals surface area (Å²) in [6, 6.07) is 13.4. The Morgan fingerprint density at radius 2 is 1.67 bits per heavy atom. The van der Waals surface area contributed by atoms with E-state index in [0.717, 1.165) is 61.7 Å². The van der Waals surface area contributed by atoms with Crippen molar-refractivity contribution < 1.29 is 13.2 Å². The molecule has 8 nitrogen and oxygen atoms in total. The fraction of sp³-hybridized carbons (Fsp3) is 0.444. The minimum atomic E-state index is -3.73. The second kappa shape index (κ2) is 11.0. The summed E-state index contributed by atoms with van der Waals surface area (Å²) in [5, 5.41) is 4.30. The first-order valence-corrected chi connectivity index (χ1v) is 14.0. The predicted molar refractivity (Wildman–Crippen MR) is 144 cm³/mol. The predicted octanol–water partition coefficient (Wildman–Crippen LogP) is 4.04. The molecule has 3 aromatic rings. The molecular weight excluding hydrogens is 474 g/mol. The van der Waals surface area contributed by atoms with Crippen LogP contribution in [-0.2, 0) is 23.6 Å². The number of rotatable bonds is 9. The van der Waals surface area contributed by atoms with Gasteiger partial charge in [0.2, 0.25) is 0 Å². The molecule has 1 aliphatic heterocycles. The molecule has 1 aromatic heterocycles. The third-order valence-electron chi connectivity index (χ3n) is 6.68. The van der Waals surface area contributed by atoms with Crippen LogP contribution in [0.4, 0.5) is 5.69 Å². The molecule has 4 rings (SSSR count). The van der Waals surface area contributed by atoms with E-state index in [1.165, 1.54) is 5.56 Å². The highest BCUT2D eigenvalue weighted by molar-refractivity contribution is 7.92. The van der Waals surface area contributed by atoms with Crippen LogP contribution < -0.4 is 9.46 Å². The van der Waals surface area contributed by atoms with Crippen LogP contribution >= 0.6 is 0 Å². The number of piperazine rings is 1. The molecule has 0 spiro atoms. The van der Waals surface area contributed by atoms with Gasteiger partial charge in [-0.15, -0.1) is 0 Å². The lowest BCUT2D eigenvalue weighted by Gasteiger charge is -2.32. The van der Waals surface area contributed by atoms with Gasteiger partial charge in [0.15, 0.2) is 0 Å². The van der Waals surface area contributed by atoms with Crippen molar-refractivity contribution in [2.45, 2.75) is 38.6 Å². The molecule has 2 aromatic carbocycles. The van der Waals surface area contributed by atoms with Crippen molar-refractivity contribution in [2.75, 3.05) is 44.6 Å². The molecule has 194 valence electrons. The van der Waals surface area contributed by atoms with Crippen molar-refractivity contribution in [1.82, 2.24) is 19.6 Å². The van der Waals surface area contributed by atoms with Crippen LogP contribution in [0.25, 0.3) is 11.1 Å². The summed E-state index contributed by atoms with van der Waals surface area (Å²) in [6.07, 6.45) is 0.938. The van der Waals surface area contributed by atoms with E-state index in [9.17, 15) is 8.42 Å². The van der Waals surface area contributed by atoms with E-state index in [-0.39, 0.29) is 4.90 Å². The highest BCUT2D eigenvalue weighted by atomic mass is 32.2. The number of aromatic nitrogens is 2. The van der Waals surface area contributed by atoms with E-state index in [1.807, 2.05) is 25.1 Å². The van der Waals surface area contributed by atoms with Crippen LogP contribution in [0.3, 0.4) is 0 Å². The lowest BCUT2D eigenvalue weighted by molar-refractivity contribution is 0.148. The van der Waals surface area contributed by atoms with Gasteiger partial charge in [-0.25, -0.2) is 8.42 Å². The first-order valence-electron chi connectivity index (χ1n) is 12.5. The van der Waals surface area contributed by atoms with Gasteiger partial charge in [0.25, 0.3) is 10.0 Å². The van der Waals surface area contributed by atoms with Crippen LogP contribution in [0, 0.1) is 13.8 Å². The minimum Gasteiger partial charge on any atom is -0.494 e. The normalized spacial score (nSPS) is 15.2. The van der Waals surface area contributed by atoms with E-state index < -0.39 is 10.0 Å². The van der Waals surface area contributed by atoms with Gasteiger partial charge in [0, 0.05) is 39.8 Å². The molecular formula is C27H37N5O3S. The molecule has 0 saturated carbocycles. The molecule has 0 unspecified atom stereocenters. The molecule has 0 bridgehead atoms. The third-order valence-corrected chi connectivity index (χ3v) is 8.05. The van der Waals surface area contributed by atoms with E-state index in [0.29, 0.717) is 18.0 Å². The summed E-state index contributed by atoms with van der Waals surface area (Å²) in [5.41, 5.74) is 5.10. The molecule has 0 aliphatic carbocycles. The van der Waals surface area contributed by atoms with Crippen molar-refractivity contribution in [3.63, 3.8) is 0 Å². The molecule has 0 amide bonds. The van der Waals surface area contributed by atoms with E-state index in [4.69, 9.17) is 4.74 Å². The van der Waals surface area contributed by atoms with Crippen LogP contribution in [-0.4, -0.2) is 67.8 Å². The zero-order valence-corrected chi connectivity index (χ0v) is 22.7. The molecule has 1 N–H and O–H groups in total. The number of likely N-dealkylation sites (N-methyl/N-ethyl adjacent to an activating group) is 1. The summed E-state index contributed by atoms with van der Waals surface area (Å²) in [5.74, 6) is 0.847. The Balaban J connectivity index is 1.57. The SMILES string of the molecule is CCCOc1cc(CN2CCN(C)CC2)cc(-c2ccc(S(=O)(=O)Nc3c(C)nn(C)c3C)cc2)c1. The first kappa shape index (κ1) is 26.2. The number of sulfonamides is 1. The highest BCUT2D eigenvalue weighted by Crippen LogP contribution is 2.29. The summed E-state index contributed by atoms with van der Waals surface area (Å²) >= 11 is 0. The summed E-state index contributed by atoms with van der Waals surface area (Å²) < 4.78 is 36.5. The number of nitrogens with one attached hydrogen (secondary N) is 1. The Kier molecular flexibility index (Phi) is 8.02. The maximum absolute atomic E-state index is 13.1. The van der Waals surface area contributed by atoms with Gasteiger partial charge in [0.05, 0.1) is 28.6 Å². The molecule has 9 heteroatoms. The van der Waals surface area contributed by atoms with Crippen LogP contribution in [0.15, 0.2) is 47.4 Å². The average Bonchev–Trinajstić information content (AvgIpc) is 3.09. The van der Waals surface area contributed by atoms with Crippen molar-refractivity contribution in [3.05, 3.63) is 59.4 Å². The Labute approximate surface area is 214 Å². The first-order chi connectivity index (χ1) is 17.2. The molecule has 2 heterocycles.